The van der Waals surface area contributed by atoms with E-state index < -0.39 is 0 Å². The van der Waals surface area contributed by atoms with Crippen molar-refractivity contribution in [2.45, 2.75) is 32.6 Å². The molecule has 1 fully saturated rings. The fourth-order valence-electron chi connectivity index (χ4n) is 2.74. The summed E-state index contributed by atoms with van der Waals surface area (Å²) in [5.74, 6) is 5.61. The van der Waals surface area contributed by atoms with E-state index in [9.17, 15) is 9.59 Å². The fourth-order valence-corrected chi connectivity index (χ4v) is 2.74. The third-order valence-corrected chi connectivity index (χ3v) is 4.02. The average molecular weight is 308 g/mol. The van der Waals surface area contributed by atoms with E-state index in [1.807, 2.05) is 12.2 Å². The van der Waals surface area contributed by atoms with Gasteiger partial charge in [0.05, 0.1) is 23.9 Å². The number of esters is 1. The van der Waals surface area contributed by atoms with Gasteiger partial charge in [-0.15, -0.1) is 0 Å². The predicted molar refractivity (Wildman–Crippen MR) is 81.9 cm³/mol. The van der Waals surface area contributed by atoms with E-state index in [0.717, 1.165) is 17.9 Å². The molecule has 7 heteroatoms. The maximum atomic E-state index is 12.4. The van der Waals surface area contributed by atoms with Crippen LogP contribution in [-0.2, 0) is 9.53 Å². The van der Waals surface area contributed by atoms with Crippen molar-refractivity contribution < 1.29 is 14.3 Å². The van der Waals surface area contributed by atoms with Crippen molar-refractivity contribution in [3.63, 3.8) is 0 Å². The number of carbonyl (C=O) groups is 2. The van der Waals surface area contributed by atoms with E-state index in [-0.39, 0.29) is 17.9 Å². The fraction of sp³-hybridized carbons (Fsp3) is 0.600. The average Bonchev–Trinajstić information content (AvgIpc) is 2.54. The van der Waals surface area contributed by atoms with Gasteiger partial charge in [0, 0.05) is 13.1 Å². The lowest BCUT2D eigenvalue weighted by molar-refractivity contribution is -0.149. The molecule has 4 N–H and O–H groups in total. The maximum absolute atomic E-state index is 12.4. The highest BCUT2D eigenvalue weighted by atomic mass is 16.5. The molecule has 0 aromatic heterocycles. The Bertz CT molecular complexity index is 493. The zero-order valence-electron chi connectivity index (χ0n) is 13.0. The van der Waals surface area contributed by atoms with Gasteiger partial charge in [0.15, 0.2) is 0 Å². The number of rotatable bonds is 3. The number of amides is 2. The molecule has 122 valence electrons. The summed E-state index contributed by atoms with van der Waals surface area (Å²) in [6.45, 7) is 3.16. The molecule has 1 aliphatic heterocycles. The van der Waals surface area contributed by atoms with E-state index >= 15 is 0 Å². The first-order valence-electron chi connectivity index (χ1n) is 7.71. The predicted octanol–water partition coefficient (Wildman–Crippen LogP) is 1.08. The van der Waals surface area contributed by atoms with Gasteiger partial charge in [-0.2, -0.15) is 0 Å². The molecule has 0 aromatic carbocycles. The molecule has 7 nitrogen and oxygen atoms in total. The summed E-state index contributed by atoms with van der Waals surface area (Å²) >= 11 is 0. The number of nitrogens with zero attached hydrogens (tertiary/aromatic N) is 2. The van der Waals surface area contributed by atoms with Crippen LogP contribution >= 0.6 is 0 Å². The van der Waals surface area contributed by atoms with Crippen molar-refractivity contribution in [1.82, 2.24) is 9.91 Å². The number of hydrazine groups is 1. The SMILES string of the molecule is CCOC(=O)C1CCN(C(=O)N(N)C2=CCCC=C2N)CC1. The highest BCUT2D eigenvalue weighted by Crippen LogP contribution is 2.22. The van der Waals surface area contributed by atoms with Gasteiger partial charge in [-0.3, -0.25) is 4.79 Å². The van der Waals surface area contributed by atoms with Crippen LogP contribution < -0.4 is 11.6 Å². The van der Waals surface area contributed by atoms with Crippen LogP contribution in [0.15, 0.2) is 23.5 Å². The van der Waals surface area contributed by atoms with Gasteiger partial charge in [0.1, 0.15) is 0 Å². The minimum absolute atomic E-state index is 0.130. The first kappa shape index (κ1) is 16.4. The van der Waals surface area contributed by atoms with E-state index in [1.165, 1.54) is 0 Å². The van der Waals surface area contributed by atoms with Gasteiger partial charge in [0.25, 0.3) is 0 Å². The highest BCUT2D eigenvalue weighted by molar-refractivity contribution is 5.77. The van der Waals surface area contributed by atoms with Crippen LogP contribution in [0.5, 0.6) is 0 Å². The number of piperidine rings is 1. The number of likely N-dealkylation sites (tertiary alicyclic amines) is 1. The van der Waals surface area contributed by atoms with Crippen molar-refractivity contribution in [3.8, 4) is 0 Å². The second-order valence-corrected chi connectivity index (χ2v) is 5.49. The molecule has 0 unspecified atom stereocenters. The summed E-state index contributed by atoms with van der Waals surface area (Å²) in [4.78, 5) is 25.8. The molecule has 0 saturated carbocycles. The summed E-state index contributed by atoms with van der Waals surface area (Å²) in [5.41, 5.74) is 6.97. The minimum atomic E-state index is -0.285. The van der Waals surface area contributed by atoms with Gasteiger partial charge < -0.3 is 15.4 Å². The Kier molecular flexibility index (Phi) is 5.43. The largest absolute Gasteiger partial charge is 0.466 e. The normalized spacial score (nSPS) is 19.3. The van der Waals surface area contributed by atoms with Crippen molar-refractivity contribution in [1.29, 1.82) is 0 Å². The third-order valence-electron chi connectivity index (χ3n) is 4.02. The third kappa shape index (κ3) is 3.59. The molecular formula is C15H24N4O3. The Morgan fingerprint density at radius 2 is 1.95 bits per heavy atom. The van der Waals surface area contributed by atoms with E-state index in [0.29, 0.717) is 43.9 Å². The topological polar surface area (TPSA) is 102 Å². The molecule has 0 aromatic rings. The summed E-state index contributed by atoms with van der Waals surface area (Å²) in [5, 5.41) is 1.11. The molecular weight excluding hydrogens is 284 g/mol. The molecule has 2 aliphatic rings. The Balaban J connectivity index is 1.91. The maximum Gasteiger partial charge on any atom is 0.338 e. The van der Waals surface area contributed by atoms with E-state index in [1.54, 1.807) is 11.8 Å². The van der Waals surface area contributed by atoms with Crippen LogP contribution in [0.1, 0.15) is 32.6 Å². The molecule has 0 atom stereocenters. The van der Waals surface area contributed by atoms with Crippen LogP contribution in [-0.4, -0.2) is 41.6 Å². The molecule has 0 bridgehead atoms. The number of carbonyl (C=O) groups excluding carboxylic acids is 2. The minimum Gasteiger partial charge on any atom is -0.466 e. The lowest BCUT2D eigenvalue weighted by atomic mass is 9.97. The van der Waals surface area contributed by atoms with Crippen molar-refractivity contribution in [2.24, 2.45) is 17.5 Å². The molecule has 22 heavy (non-hydrogen) atoms. The molecule has 0 spiro atoms. The summed E-state index contributed by atoms with van der Waals surface area (Å²) in [6, 6.07) is -0.285. The number of ether oxygens (including phenoxy) is 1. The van der Waals surface area contributed by atoms with Crippen molar-refractivity contribution >= 4 is 12.0 Å². The van der Waals surface area contributed by atoms with Crippen LogP contribution in [0, 0.1) is 5.92 Å². The second-order valence-electron chi connectivity index (χ2n) is 5.49. The van der Waals surface area contributed by atoms with E-state index in [2.05, 4.69) is 0 Å². The van der Waals surface area contributed by atoms with Crippen LogP contribution in [0.4, 0.5) is 4.79 Å². The van der Waals surface area contributed by atoms with E-state index in [4.69, 9.17) is 16.3 Å². The molecule has 0 radical (unpaired) electrons. The van der Waals surface area contributed by atoms with Gasteiger partial charge in [-0.1, -0.05) is 12.2 Å². The van der Waals surface area contributed by atoms with Crippen LogP contribution in [0.2, 0.25) is 0 Å². The standard InChI is InChI=1S/C15H24N4O3/c1-2-22-14(20)11-7-9-18(10-8-11)15(21)19(17)13-6-4-3-5-12(13)16/h5-6,11H,2-4,7-10,16-17H2,1H3. The van der Waals surface area contributed by atoms with Crippen molar-refractivity contribution in [3.05, 3.63) is 23.5 Å². The van der Waals surface area contributed by atoms with Gasteiger partial charge in [-0.25, -0.2) is 15.6 Å². The molecule has 2 rings (SSSR count). The van der Waals surface area contributed by atoms with Gasteiger partial charge >= 0.3 is 12.0 Å². The first-order valence-corrected chi connectivity index (χ1v) is 7.71. The zero-order chi connectivity index (χ0) is 16.1. The van der Waals surface area contributed by atoms with Crippen molar-refractivity contribution in [2.75, 3.05) is 19.7 Å². The number of hydrogen-bond acceptors (Lipinski definition) is 5. The Hall–Kier alpha value is -2.02. The number of nitrogens with two attached hydrogens (primary N) is 2. The molecule has 2 amide bonds. The van der Waals surface area contributed by atoms with Crippen LogP contribution in [0.3, 0.4) is 0 Å². The molecule has 1 saturated heterocycles. The summed E-state index contributed by atoms with van der Waals surface area (Å²) in [6.07, 6.45) is 6.63. The second kappa shape index (κ2) is 7.31. The summed E-state index contributed by atoms with van der Waals surface area (Å²) in [7, 11) is 0. The van der Waals surface area contributed by atoms with Gasteiger partial charge in [-0.05, 0) is 32.6 Å². The number of hydrogen-bond donors (Lipinski definition) is 2. The lowest BCUT2D eigenvalue weighted by Crippen LogP contribution is -2.50. The Labute approximate surface area is 130 Å². The summed E-state index contributed by atoms with van der Waals surface area (Å²) < 4.78 is 5.02. The smallest absolute Gasteiger partial charge is 0.338 e. The number of allylic oxidation sites excluding steroid dienone is 2. The van der Waals surface area contributed by atoms with Crippen LogP contribution in [0.25, 0.3) is 0 Å². The monoisotopic (exact) mass is 308 g/mol. The number of urea groups is 1. The molecule has 1 aliphatic carbocycles. The first-order chi connectivity index (χ1) is 10.5. The Morgan fingerprint density at radius 3 is 2.55 bits per heavy atom. The Morgan fingerprint density at radius 1 is 1.32 bits per heavy atom. The highest BCUT2D eigenvalue weighted by Gasteiger charge is 2.31. The van der Waals surface area contributed by atoms with Gasteiger partial charge in [0.2, 0.25) is 0 Å². The zero-order valence-corrected chi connectivity index (χ0v) is 13.0. The lowest BCUT2D eigenvalue weighted by Gasteiger charge is -2.34. The molecule has 1 heterocycles. The quantitative estimate of drug-likeness (QED) is 0.351.